The number of pyridine rings is 1. The minimum atomic E-state index is -0.482. The smallest absolute Gasteiger partial charge is 0.355 e. The second-order valence-corrected chi connectivity index (χ2v) is 5.41. The zero-order valence-corrected chi connectivity index (χ0v) is 13.2. The SMILES string of the molecule is Cc1ccc2c(NCCO)nc(=O)n(-c3ccccc3Cl)c2n1. The van der Waals surface area contributed by atoms with E-state index in [1.54, 1.807) is 24.3 Å². The lowest BCUT2D eigenvalue weighted by Gasteiger charge is -2.14. The summed E-state index contributed by atoms with van der Waals surface area (Å²) < 4.78 is 1.40. The summed E-state index contributed by atoms with van der Waals surface area (Å²) in [6, 6.07) is 10.7. The summed E-state index contributed by atoms with van der Waals surface area (Å²) in [6.45, 7) is 2.09. The highest BCUT2D eigenvalue weighted by atomic mass is 35.5. The van der Waals surface area contributed by atoms with Crippen LogP contribution in [0.25, 0.3) is 16.7 Å². The third kappa shape index (κ3) is 2.91. The molecule has 0 unspecified atom stereocenters. The maximum Gasteiger partial charge on any atom is 0.355 e. The van der Waals surface area contributed by atoms with Crippen molar-refractivity contribution in [3.05, 3.63) is 57.6 Å². The first-order valence-electron chi connectivity index (χ1n) is 7.12. The van der Waals surface area contributed by atoms with E-state index in [0.29, 0.717) is 34.1 Å². The Bertz CT molecular complexity index is 924. The number of aryl methyl sites for hydroxylation is 1. The zero-order chi connectivity index (χ0) is 16.4. The number of rotatable bonds is 4. The van der Waals surface area contributed by atoms with E-state index in [2.05, 4.69) is 15.3 Å². The molecule has 0 spiro atoms. The number of hydrogen-bond acceptors (Lipinski definition) is 5. The van der Waals surface area contributed by atoms with Crippen LogP contribution in [0.15, 0.2) is 41.2 Å². The lowest BCUT2D eigenvalue weighted by molar-refractivity contribution is 0.311. The van der Waals surface area contributed by atoms with Gasteiger partial charge in [-0.25, -0.2) is 14.3 Å². The summed E-state index contributed by atoms with van der Waals surface area (Å²) in [6.07, 6.45) is 0. The van der Waals surface area contributed by atoms with Crippen LogP contribution in [0.2, 0.25) is 5.02 Å². The standard InChI is InChI=1S/C16H15ClN4O2/c1-10-6-7-11-14(18-8-9-22)20-16(23)21(15(11)19-10)13-5-3-2-4-12(13)17/h2-7,22H,8-9H2,1H3,(H,18,20,23). The predicted molar refractivity (Wildman–Crippen MR) is 90.5 cm³/mol. The second-order valence-electron chi connectivity index (χ2n) is 5.00. The van der Waals surface area contributed by atoms with E-state index < -0.39 is 5.69 Å². The van der Waals surface area contributed by atoms with Crippen LogP contribution in [-0.2, 0) is 0 Å². The Labute approximate surface area is 137 Å². The highest BCUT2D eigenvalue weighted by Gasteiger charge is 2.15. The predicted octanol–water partition coefficient (Wildman–Crippen LogP) is 2.15. The van der Waals surface area contributed by atoms with Gasteiger partial charge >= 0.3 is 5.69 Å². The third-order valence-electron chi connectivity index (χ3n) is 3.38. The minimum Gasteiger partial charge on any atom is -0.395 e. The lowest BCUT2D eigenvalue weighted by Crippen LogP contribution is -2.25. The minimum absolute atomic E-state index is 0.0595. The molecule has 0 saturated heterocycles. The summed E-state index contributed by atoms with van der Waals surface area (Å²) in [5, 5.41) is 13.0. The maximum absolute atomic E-state index is 12.5. The van der Waals surface area contributed by atoms with Crippen molar-refractivity contribution in [1.29, 1.82) is 0 Å². The average molecular weight is 331 g/mol. The summed E-state index contributed by atoms with van der Waals surface area (Å²) in [5.41, 5.74) is 1.29. The van der Waals surface area contributed by atoms with Crippen molar-refractivity contribution >= 4 is 28.5 Å². The molecule has 7 heteroatoms. The largest absolute Gasteiger partial charge is 0.395 e. The number of hydrogen-bond donors (Lipinski definition) is 2. The Morgan fingerprint density at radius 2 is 2.00 bits per heavy atom. The number of halogens is 1. The molecule has 2 heterocycles. The topological polar surface area (TPSA) is 80.0 Å². The normalized spacial score (nSPS) is 10.9. The molecule has 0 radical (unpaired) electrons. The monoisotopic (exact) mass is 330 g/mol. The van der Waals surface area contributed by atoms with E-state index in [1.807, 2.05) is 19.1 Å². The van der Waals surface area contributed by atoms with Gasteiger partial charge in [0.15, 0.2) is 5.65 Å². The number of aliphatic hydroxyl groups excluding tert-OH is 1. The van der Waals surface area contributed by atoms with Gasteiger partial charge in [0, 0.05) is 12.2 Å². The van der Waals surface area contributed by atoms with Gasteiger partial charge in [0.05, 0.1) is 22.7 Å². The van der Waals surface area contributed by atoms with E-state index >= 15 is 0 Å². The van der Waals surface area contributed by atoms with Crippen molar-refractivity contribution in [3.63, 3.8) is 0 Å². The Kier molecular flexibility index (Phi) is 4.27. The molecule has 1 aromatic carbocycles. The van der Waals surface area contributed by atoms with Crippen LogP contribution in [-0.4, -0.2) is 32.8 Å². The third-order valence-corrected chi connectivity index (χ3v) is 3.70. The van der Waals surface area contributed by atoms with Crippen LogP contribution in [0, 0.1) is 6.92 Å². The van der Waals surface area contributed by atoms with Gasteiger partial charge in [-0.1, -0.05) is 23.7 Å². The fourth-order valence-corrected chi connectivity index (χ4v) is 2.57. The number of aliphatic hydroxyl groups is 1. The Balaban J connectivity index is 2.35. The molecular weight excluding hydrogens is 316 g/mol. The van der Waals surface area contributed by atoms with Crippen LogP contribution in [0.1, 0.15) is 5.69 Å². The molecule has 6 nitrogen and oxygen atoms in total. The average Bonchev–Trinajstić information content (AvgIpc) is 2.53. The van der Waals surface area contributed by atoms with Crippen molar-refractivity contribution < 1.29 is 5.11 Å². The molecule has 0 atom stereocenters. The molecule has 118 valence electrons. The fraction of sp³-hybridized carbons (Fsp3) is 0.188. The Hall–Kier alpha value is -2.44. The first-order chi connectivity index (χ1) is 11.1. The quantitative estimate of drug-likeness (QED) is 0.766. The molecule has 3 aromatic rings. The molecule has 0 aliphatic carbocycles. The van der Waals surface area contributed by atoms with Crippen molar-refractivity contribution in [3.8, 4) is 5.69 Å². The van der Waals surface area contributed by atoms with E-state index in [4.69, 9.17) is 16.7 Å². The molecule has 0 saturated carbocycles. The molecule has 2 aromatic heterocycles. The number of nitrogens with zero attached hydrogens (tertiary/aromatic N) is 3. The summed E-state index contributed by atoms with van der Waals surface area (Å²) in [5.74, 6) is 0.398. The summed E-state index contributed by atoms with van der Waals surface area (Å²) in [4.78, 5) is 21.1. The molecule has 0 bridgehead atoms. The van der Waals surface area contributed by atoms with E-state index in [-0.39, 0.29) is 6.61 Å². The van der Waals surface area contributed by atoms with E-state index in [0.717, 1.165) is 5.69 Å². The van der Waals surface area contributed by atoms with Gasteiger partial charge in [-0.2, -0.15) is 4.98 Å². The molecule has 0 amide bonds. The highest BCUT2D eigenvalue weighted by molar-refractivity contribution is 6.32. The molecule has 0 aliphatic heterocycles. The Morgan fingerprint density at radius 3 is 2.74 bits per heavy atom. The van der Waals surface area contributed by atoms with Crippen LogP contribution < -0.4 is 11.0 Å². The summed E-state index contributed by atoms with van der Waals surface area (Å²) in [7, 11) is 0. The number of aromatic nitrogens is 3. The van der Waals surface area contributed by atoms with Crippen molar-refractivity contribution in [2.24, 2.45) is 0 Å². The van der Waals surface area contributed by atoms with E-state index in [1.165, 1.54) is 4.57 Å². The van der Waals surface area contributed by atoms with Crippen LogP contribution in [0.5, 0.6) is 0 Å². The number of nitrogens with one attached hydrogen (secondary N) is 1. The van der Waals surface area contributed by atoms with Gasteiger partial charge < -0.3 is 10.4 Å². The highest BCUT2D eigenvalue weighted by Crippen LogP contribution is 2.24. The fourth-order valence-electron chi connectivity index (χ4n) is 2.35. The van der Waals surface area contributed by atoms with Crippen molar-refractivity contribution in [2.45, 2.75) is 6.92 Å². The number of anilines is 1. The molecule has 3 rings (SSSR count). The molecule has 2 N–H and O–H groups in total. The number of fused-ring (bicyclic) bond motifs is 1. The first kappa shape index (κ1) is 15.5. The molecule has 0 fully saturated rings. The van der Waals surface area contributed by atoms with Gasteiger partial charge in [-0.15, -0.1) is 0 Å². The van der Waals surface area contributed by atoms with Crippen molar-refractivity contribution in [1.82, 2.24) is 14.5 Å². The maximum atomic E-state index is 12.5. The van der Waals surface area contributed by atoms with Crippen molar-refractivity contribution in [2.75, 3.05) is 18.5 Å². The van der Waals surface area contributed by atoms with Gasteiger partial charge in [-0.3, -0.25) is 0 Å². The molecular formula is C16H15ClN4O2. The van der Waals surface area contributed by atoms with Gasteiger partial charge in [0.25, 0.3) is 0 Å². The lowest BCUT2D eigenvalue weighted by atomic mass is 10.2. The molecule has 0 aliphatic rings. The van der Waals surface area contributed by atoms with Gasteiger partial charge in [-0.05, 0) is 31.2 Å². The summed E-state index contributed by atoms with van der Waals surface area (Å²) >= 11 is 6.23. The van der Waals surface area contributed by atoms with Gasteiger partial charge in [0.1, 0.15) is 5.82 Å². The van der Waals surface area contributed by atoms with E-state index in [9.17, 15) is 4.79 Å². The number of para-hydroxylation sites is 1. The zero-order valence-electron chi connectivity index (χ0n) is 12.5. The van der Waals surface area contributed by atoms with Crippen LogP contribution >= 0.6 is 11.6 Å². The second kappa shape index (κ2) is 6.36. The van der Waals surface area contributed by atoms with Crippen LogP contribution in [0.3, 0.4) is 0 Å². The van der Waals surface area contributed by atoms with Crippen LogP contribution in [0.4, 0.5) is 5.82 Å². The number of benzene rings is 1. The Morgan fingerprint density at radius 1 is 1.22 bits per heavy atom. The van der Waals surface area contributed by atoms with Gasteiger partial charge in [0.2, 0.25) is 0 Å². The molecule has 23 heavy (non-hydrogen) atoms. The first-order valence-corrected chi connectivity index (χ1v) is 7.49.